The van der Waals surface area contributed by atoms with Crippen LogP contribution in [0, 0.1) is 0 Å². The second kappa shape index (κ2) is 6.66. The molecule has 0 radical (unpaired) electrons. The Bertz CT molecular complexity index is 525. The number of nitrogens with one attached hydrogen (secondary N) is 2. The third-order valence-electron chi connectivity index (χ3n) is 4.35. The molecule has 1 amide bonds. The van der Waals surface area contributed by atoms with Gasteiger partial charge in [-0.05, 0) is 19.1 Å². The third-order valence-corrected chi connectivity index (χ3v) is 4.35. The lowest BCUT2D eigenvalue weighted by Gasteiger charge is -2.32. The van der Waals surface area contributed by atoms with Gasteiger partial charge in [0.25, 0.3) is 5.91 Å². The molecular weight excluding hydrogens is 295 g/mol. The summed E-state index contributed by atoms with van der Waals surface area (Å²) < 4.78 is 38.1. The first-order valence-corrected chi connectivity index (χ1v) is 7.41. The largest absolute Gasteiger partial charge is 0.416 e. The van der Waals surface area contributed by atoms with Crippen molar-refractivity contribution in [3.8, 4) is 0 Å². The van der Waals surface area contributed by atoms with Crippen LogP contribution in [-0.2, 0) is 17.5 Å². The number of alkyl halides is 3. The Labute approximate surface area is 127 Å². The van der Waals surface area contributed by atoms with Crippen molar-refractivity contribution in [2.75, 3.05) is 26.2 Å². The number of rotatable bonds is 4. The predicted octanol–water partition coefficient (Wildman–Crippen LogP) is -1.14. The van der Waals surface area contributed by atoms with Crippen LogP contribution in [0.15, 0.2) is 24.3 Å². The molecule has 1 fully saturated rings. The fraction of sp³-hybridized carbons (Fsp3) is 0.533. The predicted molar refractivity (Wildman–Crippen MR) is 75.2 cm³/mol. The molecule has 1 aliphatic heterocycles. The summed E-state index contributed by atoms with van der Waals surface area (Å²) in [4.78, 5) is 13.6. The number of nitrogens with two attached hydrogens (primary N) is 1. The summed E-state index contributed by atoms with van der Waals surface area (Å²) >= 11 is 0. The van der Waals surface area contributed by atoms with E-state index in [2.05, 4.69) is 0 Å². The fourth-order valence-electron chi connectivity index (χ4n) is 2.88. The molecule has 4 N–H and O–H groups in total. The van der Waals surface area contributed by atoms with Crippen LogP contribution < -0.4 is 15.5 Å². The number of benzene rings is 1. The number of hydrogen-bond donors (Lipinski definition) is 3. The number of primary amides is 1. The molecule has 0 unspecified atom stereocenters. The Kier molecular flexibility index (Phi) is 5.08. The number of carbonyl (C=O) groups is 1. The van der Waals surface area contributed by atoms with Crippen molar-refractivity contribution < 1.29 is 27.8 Å². The molecule has 0 spiro atoms. The van der Waals surface area contributed by atoms with Crippen molar-refractivity contribution in [3.05, 3.63) is 35.4 Å². The Morgan fingerprint density at radius 2 is 1.91 bits per heavy atom. The molecule has 7 heteroatoms. The molecule has 22 heavy (non-hydrogen) atoms. The molecule has 0 aliphatic carbocycles. The highest BCUT2D eigenvalue weighted by Crippen LogP contribution is 2.29. The van der Waals surface area contributed by atoms with Gasteiger partial charge < -0.3 is 15.5 Å². The van der Waals surface area contributed by atoms with Gasteiger partial charge >= 0.3 is 6.18 Å². The molecule has 0 bridgehead atoms. The van der Waals surface area contributed by atoms with Gasteiger partial charge in [-0.1, -0.05) is 12.1 Å². The van der Waals surface area contributed by atoms with Crippen molar-refractivity contribution >= 4 is 5.91 Å². The minimum Gasteiger partial charge on any atom is -0.365 e. The van der Waals surface area contributed by atoms with E-state index in [0.717, 1.165) is 37.1 Å². The second-order valence-corrected chi connectivity index (χ2v) is 5.91. The minimum absolute atomic E-state index is 0.213. The van der Waals surface area contributed by atoms with E-state index in [1.165, 1.54) is 17.0 Å². The molecule has 0 aromatic heterocycles. The van der Waals surface area contributed by atoms with Crippen molar-refractivity contribution in [2.24, 2.45) is 5.73 Å². The third kappa shape index (κ3) is 4.20. The molecule has 1 atom stereocenters. The summed E-state index contributed by atoms with van der Waals surface area (Å²) in [5.41, 5.74) is 5.40. The highest BCUT2D eigenvalue weighted by atomic mass is 19.4. The summed E-state index contributed by atoms with van der Waals surface area (Å²) in [5, 5.41) is 0. The van der Waals surface area contributed by atoms with Crippen LogP contribution in [-0.4, -0.2) is 38.1 Å². The van der Waals surface area contributed by atoms with Crippen molar-refractivity contribution in [2.45, 2.75) is 25.7 Å². The van der Waals surface area contributed by atoms with E-state index in [4.69, 9.17) is 5.73 Å². The van der Waals surface area contributed by atoms with Crippen LogP contribution in [0.5, 0.6) is 0 Å². The number of hydrogen-bond acceptors (Lipinski definition) is 1. The Balaban J connectivity index is 1.93. The average Bonchev–Trinajstić information content (AvgIpc) is 2.46. The van der Waals surface area contributed by atoms with Gasteiger partial charge in [-0.3, -0.25) is 4.79 Å². The number of amides is 1. The normalized spacial score (nSPS) is 24.0. The molecule has 1 aliphatic rings. The van der Waals surface area contributed by atoms with Gasteiger partial charge in [0.1, 0.15) is 32.7 Å². The molecule has 122 valence electrons. The van der Waals surface area contributed by atoms with Gasteiger partial charge in [0.05, 0.1) is 5.56 Å². The fourth-order valence-corrected chi connectivity index (χ4v) is 2.88. The lowest BCUT2D eigenvalue weighted by molar-refractivity contribution is -1.02. The highest BCUT2D eigenvalue weighted by molar-refractivity contribution is 5.77. The highest BCUT2D eigenvalue weighted by Gasteiger charge is 2.32. The van der Waals surface area contributed by atoms with Crippen LogP contribution >= 0.6 is 0 Å². The molecular formula is C15H22F3N3O+2. The first-order chi connectivity index (χ1) is 10.3. The van der Waals surface area contributed by atoms with Crippen molar-refractivity contribution in [1.82, 2.24) is 0 Å². The Hall–Kier alpha value is -1.60. The second-order valence-electron chi connectivity index (χ2n) is 5.91. The van der Waals surface area contributed by atoms with E-state index in [0.29, 0.717) is 12.1 Å². The van der Waals surface area contributed by atoms with Crippen molar-refractivity contribution in [1.29, 1.82) is 0 Å². The Morgan fingerprint density at radius 1 is 1.27 bits per heavy atom. The smallest absolute Gasteiger partial charge is 0.365 e. The molecule has 1 aromatic carbocycles. The first kappa shape index (κ1) is 16.8. The molecule has 0 saturated carbocycles. The van der Waals surface area contributed by atoms with Crippen LogP contribution in [0.3, 0.4) is 0 Å². The van der Waals surface area contributed by atoms with Gasteiger partial charge in [0.2, 0.25) is 0 Å². The number of quaternary nitrogens is 2. The maximum Gasteiger partial charge on any atom is 0.416 e. The van der Waals surface area contributed by atoms with E-state index in [1.807, 2.05) is 6.92 Å². The maximum absolute atomic E-state index is 12.7. The molecule has 1 saturated heterocycles. The first-order valence-electron chi connectivity index (χ1n) is 7.41. The lowest BCUT2D eigenvalue weighted by atomic mass is 10.1. The number of halogens is 3. The summed E-state index contributed by atoms with van der Waals surface area (Å²) in [5.74, 6) is -0.309. The van der Waals surface area contributed by atoms with Crippen LogP contribution in [0.25, 0.3) is 0 Å². The van der Waals surface area contributed by atoms with Gasteiger partial charge in [-0.15, -0.1) is 0 Å². The summed E-state index contributed by atoms with van der Waals surface area (Å²) in [6.45, 7) is 5.64. The topological polar surface area (TPSA) is 52.0 Å². The van der Waals surface area contributed by atoms with Crippen LogP contribution in [0.2, 0.25) is 0 Å². The van der Waals surface area contributed by atoms with Gasteiger partial charge in [0.15, 0.2) is 6.04 Å². The van der Waals surface area contributed by atoms with Gasteiger partial charge in [0, 0.05) is 5.56 Å². The molecule has 1 heterocycles. The zero-order valence-electron chi connectivity index (χ0n) is 12.5. The van der Waals surface area contributed by atoms with E-state index in [1.54, 1.807) is 6.07 Å². The summed E-state index contributed by atoms with van der Waals surface area (Å²) in [7, 11) is 0. The van der Waals surface area contributed by atoms with E-state index in [-0.39, 0.29) is 11.9 Å². The number of piperazine rings is 1. The van der Waals surface area contributed by atoms with Crippen molar-refractivity contribution in [3.63, 3.8) is 0 Å². The zero-order chi connectivity index (χ0) is 16.3. The SMILES string of the molecule is C[C@H](C(N)=O)[NH+]1CC[NH+](Cc2cccc(C(F)(F)F)c2)CC1. The monoisotopic (exact) mass is 317 g/mol. The summed E-state index contributed by atoms with van der Waals surface area (Å²) in [6.07, 6.45) is -4.30. The van der Waals surface area contributed by atoms with Crippen LogP contribution in [0.1, 0.15) is 18.1 Å². The average molecular weight is 317 g/mol. The summed E-state index contributed by atoms with van der Waals surface area (Å²) in [6, 6.07) is 5.28. The van der Waals surface area contributed by atoms with E-state index < -0.39 is 11.7 Å². The van der Waals surface area contributed by atoms with Gasteiger partial charge in [-0.2, -0.15) is 13.2 Å². The molecule has 1 aromatic rings. The molecule has 2 rings (SSSR count). The lowest BCUT2D eigenvalue weighted by Crippen LogP contribution is -3.29. The Morgan fingerprint density at radius 3 is 2.45 bits per heavy atom. The number of carbonyl (C=O) groups excluding carboxylic acids is 1. The van der Waals surface area contributed by atoms with E-state index in [9.17, 15) is 18.0 Å². The standard InChI is InChI=1S/C15H20F3N3O/c1-11(14(19)22)21-7-5-20(6-8-21)10-12-3-2-4-13(9-12)15(16,17)18/h2-4,9,11H,5-8,10H2,1H3,(H2,19,22)/p+2/t11-/m1/s1. The molecule has 4 nitrogen and oxygen atoms in total. The van der Waals surface area contributed by atoms with E-state index >= 15 is 0 Å². The maximum atomic E-state index is 12.7. The van der Waals surface area contributed by atoms with Crippen LogP contribution in [0.4, 0.5) is 13.2 Å². The minimum atomic E-state index is -4.30. The zero-order valence-corrected chi connectivity index (χ0v) is 12.5. The quantitative estimate of drug-likeness (QED) is 0.646. The van der Waals surface area contributed by atoms with Gasteiger partial charge in [-0.25, -0.2) is 0 Å².